The summed E-state index contributed by atoms with van der Waals surface area (Å²) in [7, 11) is 1.57. The van der Waals surface area contributed by atoms with E-state index >= 15 is 0 Å². The number of methoxy groups -OCH3 is 1. The van der Waals surface area contributed by atoms with Gasteiger partial charge in [-0.3, -0.25) is 4.79 Å². The fourth-order valence-electron chi connectivity index (χ4n) is 2.10. The Morgan fingerprint density at radius 1 is 1.29 bits per heavy atom. The monoisotopic (exact) mass is 288 g/mol. The van der Waals surface area contributed by atoms with Crippen molar-refractivity contribution in [2.24, 2.45) is 0 Å². The second-order valence-electron chi connectivity index (χ2n) is 4.67. The molecule has 0 aliphatic rings. The molecular formula is C16H17FN2O2. The second-order valence-corrected chi connectivity index (χ2v) is 4.67. The van der Waals surface area contributed by atoms with E-state index in [9.17, 15) is 9.18 Å². The van der Waals surface area contributed by atoms with Crippen LogP contribution in [-0.2, 0) is 0 Å². The summed E-state index contributed by atoms with van der Waals surface area (Å²) in [4.78, 5) is 12.2. The first-order valence-corrected chi connectivity index (χ1v) is 6.51. The maximum Gasteiger partial charge on any atom is 0.253 e. The summed E-state index contributed by atoms with van der Waals surface area (Å²) in [6, 6.07) is 10.8. The third-order valence-electron chi connectivity index (χ3n) is 3.21. The number of anilines is 1. The van der Waals surface area contributed by atoms with Crippen molar-refractivity contribution in [3.05, 3.63) is 59.4 Å². The molecule has 0 saturated carbocycles. The molecule has 0 aliphatic carbocycles. The van der Waals surface area contributed by atoms with E-state index in [1.54, 1.807) is 7.11 Å². The van der Waals surface area contributed by atoms with E-state index in [2.05, 4.69) is 5.32 Å². The number of hydrogen-bond donors (Lipinski definition) is 2. The Hall–Kier alpha value is -2.56. The molecule has 0 aromatic heterocycles. The van der Waals surface area contributed by atoms with Crippen molar-refractivity contribution in [1.82, 2.24) is 5.32 Å². The van der Waals surface area contributed by atoms with Crippen LogP contribution in [0.15, 0.2) is 42.5 Å². The molecule has 0 bridgehead atoms. The van der Waals surface area contributed by atoms with Crippen molar-refractivity contribution in [2.75, 3.05) is 12.8 Å². The van der Waals surface area contributed by atoms with Crippen molar-refractivity contribution in [3.63, 3.8) is 0 Å². The predicted molar refractivity (Wildman–Crippen MR) is 79.7 cm³/mol. The van der Waals surface area contributed by atoms with Gasteiger partial charge in [0.05, 0.1) is 18.7 Å². The highest BCUT2D eigenvalue weighted by Crippen LogP contribution is 2.25. The van der Waals surface area contributed by atoms with Crippen LogP contribution in [0, 0.1) is 5.82 Å². The molecule has 3 N–H and O–H groups in total. The van der Waals surface area contributed by atoms with E-state index in [1.807, 2.05) is 31.2 Å². The summed E-state index contributed by atoms with van der Waals surface area (Å²) in [6.45, 7) is 1.82. The van der Waals surface area contributed by atoms with Gasteiger partial charge in [-0.1, -0.05) is 18.2 Å². The van der Waals surface area contributed by atoms with E-state index in [1.165, 1.54) is 12.1 Å². The van der Waals surface area contributed by atoms with Crippen molar-refractivity contribution in [1.29, 1.82) is 0 Å². The lowest BCUT2D eigenvalue weighted by Crippen LogP contribution is -2.27. The summed E-state index contributed by atoms with van der Waals surface area (Å²) in [5.74, 6) is -0.248. The quantitative estimate of drug-likeness (QED) is 0.850. The van der Waals surface area contributed by atoms with E-state index in [4.69, 9.17) is 10.5 Å². The molecular weight excluding hydrogens is 271 g/mol. The Morgan fingerprint density at radius 2 is 2.00 bits per heavy atom. The normalized spacial score (nSPS) is 11.8. The number of ether oxygens (including phenoxy) is 1. The van der Waals surface area contributed by atoms with Crippen LogP contribution >= 0.6 is 0 Å². The van der Waals surface area contributed by atoms with E-state index in [0.29, 0.717) is 5.75 Å². The fourth-order valence-corrected chi connectivity index (χ4v) is 2.10. The minimum absolute atomic E-state index is 0.122. The van der Waals surface area contributed by atoms with Gasteiger partial charge in [0.25, 0.3) is 5.91 Å². The van der Waals surface area contributed by atoms with E-state index in [-0.39, 0.29) is 17.3 Å². The van der Waals surface area contributed by atoms with E-state index in [0.717, 1.165) is 11.6 Å². The Kier molecular flexibility index (Phi) is 4.42. The Bertz CT molecular complexity index is 658. The Morgan fingerprint density at radius 3 is 2.71 bits per heavy atom. The number of hydrogen-bond acceptors (Lipinski definition) is 3. The average molecular weight is 288 g/mol. The number of nitrogens with two attached hydrogens (primary N) is 1. The van der Waals surface area contributed by atoms with Gasteiger partial charge in [0, 0.05) is 11.3 Å². The molecule has 0 saturated heterocycles. The first-order chi connectivity index (χ1) is 10.0. The maximum atomic E-state index is 13.2. The Labute approximate surface area is 122 Å². The van der Waals surface area contributed by atoms with E-state index < -0.39 is 11.7 Å². The molecule has 0 fully saturated rings. The molecule has 1 atom stereocenters. The maximum absolute atomic E-state index is 13.2. The molecule has 5 heteroatoms. The second kappa shape index (κ2) is 6.26. The molecule has 1 amide bonds. The molecule has 0 unspecified atom stereocenters. The van der Waals surface area contributed by atoms with Crippen LogP contribution in [0.4, 0.5) is 10.1 Å². The minimum Gasteiger partial charge on any atom is -0.496 e. The van der Waals surface area contributed by atoms with Crippen LogP contribution < -0.4 is 15.8 Å². The molecule has 2 aromatic rings. The van der Waals surface area contributed by atoms with Crippen LogP contribution in [0.5, 0.6) is 5.75 Å². The summed E-state index contributed by atoms with van der Waals surface area (Å²) in [5, 5.41) is 2.79. The number of rotatable bonds is 4. The van der Waals surface area contributed by atoms with Crippen LogP contribution in [0.25, 0.3) is 0 Å². The molecule has 21 heavy (non-hydrogen) atoms. The third-order valence-corrected chi connectivity index (χ3v) is 3.21. The zero-order chi connectivity index (χ0) is 15.4. The zero-order valence-corrected chi connectivity index (χ0v) is 11.9. The number of nitrogens with one attached hydrogen (secondary N) is 1. The van der Waals surface area contributed by atoms with Crippen LogP contribution in [-0.4, -0.2) is 13.0 Å². The lowest BCUT2D eigenvalue weighted by Gasteiger charge is -2.17. The number of para-hydroxylation sites is 1. The molecule has 4 nitrogen and oxygen atoms in total. The molecule has 0 radical (unpaired) electrons. The number of nitrogen functional groups attached to an aromatic ring is 1. The highest BCUT2D eigenvalue weighted by Gasteiger charge is 2.16. The topological polar surface area (TPSA) is 64.3 Å². The molecule has 0 aliphatic heterocycles. The summed E-state index contributed by atoms with van der Waals surface area (Å²) in [5.41, 5.74) is 6.90. The van der Waals surface area contributed by atoms with Gasteiger partial charge in [0.1, 0.15) is 11.6 Å². The number of halogens is 1. The van der Waals surface area contributed by atoms with Crippen molar-refractivity contribution in [2.45, 2.75) is 13.0 Å². The SMILES string of the molecule is COc1ccccc1[C@H](C)NC(=O)c1cc(F)ccc1N. The molecule has 110 valence electrons. The lowest BCUT2D eigenvalue weighted by atomic mass is 10.1. The number of benzene rings is 2. The van der Waals surface area contributed by atoms with Gasteiger partial charge < -0.3 is 15.8 Å². The molecule has 2 aromatic carbocycles. The third kappa shape index (κ3) is 3.31. The minimum atomic E-state index is -0.501. The number of carbonyl (C=O) groups is 1. The largest absolute Gasteiger partial charge is 0.496 e. The standard InChI is InChI=1S/C16H17FN2O2/c1-10(12-5-3-4-6-15(12)21-2)19-16(20)13-9-11(17)7-8-14(13)18/h3-10H,18H2,1-2H3,(H,19,20)/t10-/m0/s1. The van der Waals surface area contributed by atoms with Gasteiger partial charge in [-0.05, 0) is 31.2 Å². The highest BCUT2D eigenvalue weighted by molar-refractivity contribution is 5.99. The first kappa shape index (κ1) is 14.8. The average Bonchev–Trinajstić information content (AvgIpc) is 2.49. The van der Waals surface area contributed by atoms with Gasteiger partial charge in [0.15, 0.2) is 0 Å². The molecule has 0 heterocycles. The van der Waals surface area contributed by atoms with Gasteiger partial charge in [0.2, 0.25) is 0 Å². The number of amides is 1. The van der Waals surface area contributed by atoms with Gasteiger partial charge in [-0.15, -0.1) is 0 Å². The van der Waals surface area contributed by atoms with Crippen LogP contribution in [0.3, 0.4) is 0 Å². The van der Waals surface area contributed by atoms with Crippen molar-refractivity contribution >= 4 is 11.6 Å². The zero-order valence-electron chi connectivity index (χ0n) is 11.9. The van der Waals surface area contributed by atoms with Gasteiger partial charge >= 0.3 is 0 Å². The smallest absolute Gasteiger partial charge is 0.253 e. The summed E-state index contributed by atoms with van der Waals surface area (Å²) >= 11 is 0. The van der Waals surface area contributed by atoms with Gasteiger partial charge in [-0.25, -0.2) is 4.39 Å². The van der Waals surface area contributed by atoms with Crippen molar-refractivity contribution in [3.8, 4) is 5.75 Å². The lowest BCUT2D eigenvalue weighted by molar-refractivity contribution is 0.0940. The highest BCUT2D eigenvalue weighted by atomic mass is 19.1. The number of carbonyl (C=O) groups excluding carboxylic acids is 1. The summed E-state index contributed by atoms with van der Waals surface area (Å²) < 4.78 is 18.5. The van der Waals surface area contributed by atoms with Crippen molar-refractivity contribution < 1.29 is 13.9 Å². The molecule has 2 rings (SSSR count). The fraction of sp³-hybridized carbons (Fsp3) is 0.188. The van der Waals surface area contributed by atoms with Crippen LogP contribution in [0.1, 0.15) is 28.9 Å². The predicted octanol–water partition coefficient (Wildman–Crippen LogP) is 2.91. The first-order valence-electron chi connectivity index (χ1n) is 6.51. The van der Waals surface area contributed by atoms with Crippen LogP contribution in [0.2, 0.25) is 0 Å². The van der Waals surface area contributed by atoms with Gasteiger partial charge in [-0.2, -0.15) is 0 Å². The Balaban J connectivity index is 2.21. The summed E-state index contributed by atoms with van der Waals surface area (Å²) in [6.07, 6.45) is 0. The molecule has 0 spiro atoms.